The Kier molecular flexibility index (Phi) is 2.76. The smallest absolute Gasteiger partial charge is 0.255 e. The molecule has 3 heterocycles. The Balaban J connectivity index is 1.56. The van der Waals surface area contributed by atoms with E-state index in [1.807, 2.05) is 0 Å². The van der Waals surface area contributed by atoms with Crippen LogP contribution in [-0.4, -0.2) is 26.5 Å². The first-order chi connectivity index (χ1) is 9.83. The maximum absolute atomic E-state index is 12.4. The molecule has 4 rings (SSSR count). The normalized spacial score (nSPS) is 18.8. The van der Waals surface area contributed by atoms with Crippen LogP contribution in [0, 0.1) is 5.92 Å². The summed E-state index contributed by atoms with van der Waals surface area (Å²) < 4.78 is 5.45. The predicted octanol–water partition coefficient (Wildman–Crippen LogP) is 1.42. The number of carbonyl (C=O) groups excluding carboxylic acids is 1. The van der Waals surface area contributed by atoms with Crippen LogP contribution in [0.3, 0.4) is 0 Å². The van der Waals surface area contributed by atoms with Gasteiger partial charge in [0.05, 0.1) is 17.4 Å². The van der Waals surface area contributed by atoms with Crippen LogP contribution < -0.4 is 5.32 Å². The van der Waals surface area contributed by atoms with E-state index in [9.17, 15) is 4.79 Å². The van der Waals surface area contributed by atoms with Gasteiger partial charge in [0.2, 0.25) is 0 Å². The number of fused-ring (bicyclic) bond motifs is 1. The first-order valence-electron chi connectivity index (χ1n) is 6.54. The van der Waals surface area contributed by atoms with Crippen LogP contribution in [0.4, 0.5) is 0 Å². The standard InChI is InChI=1S/C12H13N5O2S/c18-12(7-3-19-9-5-20-4-8(7)9)13-10(6-1-2-6)11-14-16-17-15-11/h3,6,10H,1-2,4-5H2,(H,13,18)(H,14,15,16,17). The molecule has 2 N–H and O–H groups in total. The second-order valence-corrected chi connectivity index (χ2v) is 6.09. The SMILES string of the molecule is O=C(NC(c1nn[nH]n1)C1CC1)c1coc2c1CSC2. The Morgan fingerprint density at radius 2 is 2.40 bits per heavy atom. The van der Waals surface area contributed by atoms with Gasteiger partial charge in [0.25, 0.3) is 5.91 Å². The van der Waals surface area contributed by atoms with Crippen molar-refractivity contribution in [2.45, 2.75) is 30.4 Å². The van der Waals surface area contributed by atoms with E-state index in [1.165, 1.54) is 0 Å². The van der Waals surface area contributed by atoms with Crippen molar-refractivity contribution in [1.29, 1.82) is 0 Å². The first kappa shape index (κ1) is 12.0. The van der Waals surface area contributed by atoms with E-state index < -0.39 is 0 Å². The lowest BCUT2D eigenvalue weighted by Crippen LogP contribution is -2.31. The Morgan fingerprint density at radius 3 is 3.15 bits per heavy atom. The van der Waals surface area contributed by atoms with Crippen molar-refractivity contribution in [2.24, 2.45) is 5.92 Å². The van der Waals surface area contributed by atoms with Gasteiger partial charge in [-0.25, -0.2) is 0 Å². The highest BCUT2D eigenvalue weighted by Gasteiger charge is 2.37. The Morgan fingerprint density at radius 1 is 1.50 bits per heavy atom. The van der Waals surface area contributed by atoms with Crippen molar-refractivity contribution in [3.05, 3.63) is 29.0 Å². The zero-order valence-corrected chi connectivity index (χ0v) is 11.4. The van der Waals surface area contributed by atoms with Crippen LogP contribution in [0.2, 0.25) is 0 Å². The average Bonchev–Trinajstić information content (AvgIpc) is 2.87. The largest absolute Gasteiger partial charge is 0.467 e. The Bertz CT molecular complexity index is 634. The summed E-state index contributed by atoms with van der Waals surface area (Å²) in [7, 11) is 0. The third-order valence-corrected chi connectivity index (χ3v) is 4.68. The number of H-pyrrole nitrogens is 1. The van der Waals surface area contributed by atoms with Crippen molar-refractivity contribution >= 4 is 17.7 Å². The summed E-state index contributed by atoms with van der Waals surface area (Å²) >= 11 is 1.76. The summed E-state index contributed by atoms with van der Waals surface area (Å²) in [4.78, 5) is 12.4. The maximum atomic E-state index is 12.4. The molecule has 2 aromatic rings. The molecule has 1 saturated carbocycles. The van der Waals surface area contributed by atoms with Crippen LogP contribution in [0.5, 0.6) is 0 Å². The van der Waals surface area contributed by atoms with Crippen LogP contribution in [-0.2, 0) is 11.5 Å². The molecule has 104 valence electrons. The molecule has 0 saturated heterocycles. The number of carbonyl (C=O) groups is 1. The second-order valence-electron chi connectivity index (χ2n) is 5.10. The fourth-order valence-electron chi connectivity index (χ4n) is 2.48. The van der Waals surface area contributed by atoms with Crippen LogP contribution in [0.25, 0.3) is 0 Å². The molecule has 1 fully saturated rings. The highest BCUT2D eigenvalue weighted by Crippen LogP contribution is 2.40. The van der Waals surface area contributed by atoms with Gasteiger partial charge >= 0.3 is 0 Å². The Labute approximate surface area is 118 Å². The number of rotatable bonds is 4. The molecule has 7 nitrogen and oxygen atoms in total. The molecule has 1 atom stereocenters. The molecule has 1 aliphatic heterocycles. The summed E-state index contributed by atoms with van der Waals surface area (Å²) in [6.07, 6.45) is 3.72. The summed E-state index contributed by atoms with van der Waals surface area (Å²) in [6.45, 7) is 0. The number of hydrogen-bond acceptors (Lipinski definition) is 6. The van der Waals surface area contributed by atoms with Crippen molar-refractivity contribution < 1.29 is 9.21 Å². The molecule has 1 unspecified atom stereocenters. The summed E-state index contributed by atoms with van der Waals surface area (Å²) in [5.74, 6) is 3.45. The van der Waals surface area contributed by atoms with Gasteiger partial charge in [-0.2, -0.15) is 5.21 Å². The Hall–Kier alpha value is -1.83. The lowest BCUT2D eigenvalue weighted by molar-refractivity contribution is 0.0928. The van der Waals surface area contributed by atoms with Crippen LogP contribution >= 0.6 is 11.8 Å². The zero-order chi connectivity index (χ0) is 13.5. The van der Waals surface area contributed by atoms with Crippen molar-refractivity contribution in [3.63, 3.8) is 0 Å². The number of nitrogens with one attached hydrogen (secondary N) is 2. The quantitative estimate of drug-likeness (QED) is 0.884. The zero-order valence-electron chi connectivity index (χ0n) is 10.6. The van der Waals surface area contributed by atoms with E-state index in [0.717, 1.165) is 35.7 Å². The molecule has 20 heavy (non-hydrogen) atoms. The third kappa shape index (κ3) is 2.00. The van der Waals surface area contributed by atoms with Crippen molar-refractivity contribution in [3.8, 4) is 0 Å². The van der Waals surface area contributed by atoms with Gasteiger partial charge in [-0.05, 0) is 18.8 Å². The summed E-state index contributed by atoms with van der Waals surface area (Å²) in [5, 5.41) is 17.0. The van der Waals surface area contributed by atoms with Crippen molar-refractivity contribution in [2.75, 3.05) is 0 Å². The lowest BCUT2D eigenvalue weighted by atomic mass is 10.1. The molecule has 2 aliphatic rings. The second kappa shape index (κ2) is 4.62. The lowest BCUT2D eigenvalue weighted by Gasteiger charge is -2.14. The number of tetrazole rings is 1. The van der Waals surface area contributed by atoms with Gasteiger partial charge in [-0.3, -0.25) is 4.79 Å². The van der Waals surface area contributed by atoms with Crippen LogP contribution in [0.15, 0.2) is 10.7 Å². The monoisotopic (exact) mass is 291 g/mol. The summed E-state index contributed by atoms with van der Waals surface area (Å²) in [5.41, 5.74) is 1.66. The fraction of sp³-hybridized carbons (Fsp3) is 0.500. The molecule has 0 spiro atoms. The minimum Gasteiger partial charge on any atom is -0.467 e. The minimum atomic E-state index is -0.166. The third-order valence-electron chi connectivity index (χ3n) is 3.72. The van der Waals surface area contributed by atoms with Gasteiger partial charge in [0.15, 0.2) is 5.82 Å². The van der Waals surface area contributed by atoms with Crippen LogP contribution in [0.1, 0.15) is 46.4 Å². The molecule has 2 aromatic heterocycles. The maximum Gasteiger partial charge on any atom is 0.255 e. The van der Waals surface area contributed by atoms with Gasteiger partial charge in [-0.1, -0.05) is 5.21 Å². The molecule has 0 aromatic carbocycles. The first-order valence-corrected chi connectivity index (χ1v) is 7.69. The van der Waals surface area contributed by atoms with E-state index in [1.54, 1.807) is 18.0 Å². The van der Waals surface area contributed by atoms with E-state index >= 15 is 0 Å². The number of aromatic amines is 1. The van der Waals surface area contributed by atoms with Gasteiger partial charge in [-0.15, -0.1) is 22.0 Å². The predicted molar refractivity (Wildman–Crippen MR) is 70.8 cm³/mol. The fourth-order valence-corrected chi connectivity index (χ4v) is 3.53. The highest BCUT2D eigenvalue weighted by atomic mass is 32.2. The number of nitrogens with zero attached hydrogens (tertiary/aromatic N) is 3. The molecule has 1 amide bonds. The number of hydrogen-bond donors (Lipinski definition) is 2. The number of amides is 1. The average molecular weight is 291 g/mol. The van der Waals surface area contributed by atoms with Gasteiger partial charge < -0.3 is 9.73 Å². The topological polar surface area (TPSA) is 96.7 Å². The molecular formula is C12H13N5O2S. The molecule has 8 heteroatoms. The number of thioether (sulfide) groups is 1. The molecular weight excluding hydrogens is 278 g/mol. The summed E-state index contributed by atoms with van der Waals surface area (Å²) in [6, 6.07) is -0.166. The van der Waals surface area contributed by atoms with Gasteiger partial charge in [0.1, 0.15) is 12.0 Å². The van der Waals surface area contributed by atoms with Crippen molar-refractivity contribution in [1.82, 2.24) is 25.9 Å². The number of aromatic nitrogens is 4. The van der Waals surface area contributed by atoms with Gasteiger partial charge in [0, 0.05) is 11.3 Å². The van der Waals surface area contributed by atoms with E-state index in [-0.39, 0.29) is 11.9 Å². The van der Waals surface area contributed by atoms with E-state index in [0.29, 0.717) is 17.3 Å². The highest BCUT2D eigenvalue weighted by molar-refractivity contribution is 7.98. The molecule has 1 aliphatic carbocycles. The molecule has 0 radical (unpaired) electrons. The molecule has 0 bridgehead atoms. The minimum absolute atomic E-state index is 0.112. The van der Waals surface area contributed by atoms with E-state index in [2.05, 4.69) is 25.9 Å². The van der Waals surface area contributed by atoms with E-state index in [4.69, 9.17) is 4.42 Å². The number of furan rings is 1.